The van der Waals surface area contributed by atoms with E-state index >= 15 is 0 Å². The number of ether oxygens (including phenoxy) is 1. The van der Waals surface area contributed by atoms with E-state index < -0.39 is 0 Å². The first-order valence-electron chi connectivity index (χ1n) is 7.48. The van der Waals surface area contributed by atoms with Crippen molar-refractivity contribution in [1.29, 1.82) is 0 Å². The van der Waals surface area contributed by atoms with E-state index in [2.05, 4.69) is 47.8 Å². The van der Waals surface area contributed by atoms with Crippen LogP contribution in [0.15, 0.2) is 42.5 Å². The zero-order valence-electron chi connectivity index (χ0n) is 11.6. The van der Waals surface area contributed by atoms with Crippen LogP contribution >= 0.6 is 0 Å². The largest absolute Gasteiger partial charge is 0.491 e. The van der Waals surface area contributed by atoms with E-state index in [1.807, 2.05) is 0 Å². The summed E-state index contributed by atoms with van der Waals surface area (Å²) in [5, 5.41) is 3.49. The third-order valence-corrected chi connectivity index (χ3v) is 4.44. The number of hydrogen-bond donors (Lipinski definition) is 1. The summed E-state index contributed by atoms with van der Waals surface area (Å²) in [5.74, 6) is 1.58. The number of aryl methyl sites for hydroxylation is 1. The molecule has 1 atom stereocenters. The van der Waals surface area contributed by atoms with Crippen LogP contribution < -0.4 is 10.1 Å². The Bertz CT molecular complexity index is 635. The summed E-state index contributed by atoms with van der Waals surface area (Å²) < 4.78 is 6.10. The lowest BCUT2D eigenvalue weighted by molar-refractivity contribution is 0.276. The Hall–Kier alpha value is -1.96. The Labute approximate surface area is 119 Å². The summed E-state index contributed by atoms with van der Waals surface area (Å²) in [5.41, 5.74) is 5.55. The molecule has 1 aliphatic heterocycles. The molecular weight excluding hydrogens is 246 g/mol. The Morgan fingerprint density at radius 3 is 2.90 bits per heavy atom. The van der Waals surface area contributed by atoms with E-state index in [1.54, 1.807) is 0 Å². The molecule has 1 unspecified atom stereocenters. The standard InChI is InChI=1S/C18H19NO/c1-2-8-16-14(5-1)11-15(16)12-20-17-9-3-6-13-7-4-10-19-18(13)17/h1-3,5-6,8-9,15,19H,4,7,10-12H2. The summed E-state index contributed by atoms with van der Waals surface area (Å²) in [4.78, 5) is 0. The predicted octanol–water partition coefficient (Wildman–Crippen LogP) is 3.76. The van der Waals surface area contributed by atoms with Gasteiger partial charge in [-0.05, 0) is 42.0 Å². The van der Waals surface area contributed by atoms with Crippen molar-refractivity contribution < 1.29 is 4.74 Å². The van der Waals surface area contributed by atoms with Crippen LogP contribution in [0.2, 0.25) is 0 Å². The van der Waals surface area contributed by atoms with Crippen LogP contribution in [-0.2, 0) is 12.8 Å². The van der Waals surface area contributed by atoms with Crippen LogP contribution in [-0.4, -0.2) is 13.2 Å². The highest BCUT2D eigenvalue weighted by Crippen LogP contribution is 2.37. The van der Waals surface area contributed by atoms with Crippen LogP contribution in [0.4, 0.5) is 5.69 Å². The predicted molar refractivity (Wildman–Crippen MR) is 81.6 cm³/mol. The zero-order chi connectivity index (χ0) is 13.4. The molecule has 2 aromatic carbocycles. The van der Waals surface area contributed by atoms with E-state index in [9.17, 15) is 0 Å². The minimum absolute atomic E-state index is 0.561. The number of hydrogen-bond acceptors (Lipinski definition) is 2. The average molecular weight is 265 g/mol. The molecule has 0 radical (unpaired) electrons. The minimum atomic E-state index is 0.561. The molecule has 102 valence electrons. The lowest BCUT2D eigenvalue weighted by Crippen LogP contribution is -2.23. The van der Waals surface area contributed by atoms with Gasteiger partial charge in [0.15, 0.2) is 0 Å². The lowest BCUT2D eigenvalue weighted by atomic mass is 9.78. The Balaban J connectivity index is 1.49. The van der Waals surface area contributed by atoms with Gasteiger partial charge in [-0.2, -0.15) is 0 Å². The Morgan fingerprint density at radius 2 is 1.95 bits per heavy atom. The topological polar surface area (TPSA) is 21.3 Å². The number of anilines is 1. The fourth-order valence-electron chi connectivity index (χ4n) is 3.30. The zero-order valence-corrected chi connectivity index (χ0v) is 11.6. The van der Waals surface area contributed by atoms with Crippen molar-refractivity contribution in [1.82, 2.24) is 0 Å². The second-order valence-corrected chi connectivity index (χ2v) is 5.73. The molecule has 4 rings (SSSR count). The van der Waals surface area contributed by atoms with Gasteiger partial charge in [0.05, 0.1) is 12.3 Å². The average Bonchev–Trinajstić information content (AvgIpc) is 2.48. The van der Waals surface area contributed by atoms with Gasteiger partial charge in [0, 0.05) is 12.5 Å². The summed E-state index contributed by atoms with van der Waals surface area (Å²) in [6.45, 7) is 1.84. The van der Waals surface area contributed by atoms with Gasteiger partial charge < -0.3 is 10.1 Å². The van der Waals surface area contributed by atoms with Gasteiger partial charge in [0.2, 0.25) is 0 Å². The molecule has 2 aliphatic rings. The summed E-state index contributed by atoms with van der Waals surface area (Å²) in [6, 6.07) is 15.1. The quantitative estimate of drug-likeness (QED) is 0.912. The third kappa shape index (κ3) is 1.96. The van der Waals surface area contributed by atoms with Gasteiger partial charge in [-0.3, -0.25) is 0 Å². The van der Waals surface area contributed by atoms with Crippen LogP contribution in [0.25, 0.3) is 0 Å². The van der Waals surface area contributed by atoms with Crippen molar-refractivity contribution in [3.05, 3.63) is 59.2 Å². The van der Waals surface area contributed by atoms with Crippen molar-refractivity contribution >= 4 is 5.69 Å². The van der Waals surface area contributed by atoms with Gasteiger partial charge in [-0.1, -0.05) is 36.4 Å². The molecule has 1 heterocycles. The molecule has 0 aromatic heterocycles. The Kier molecular flexibility index (Phi) is 2.87. The lowest BCUT2D eigenvalue weighted by Gasteiger charge is -2.30. The normalized spacial score (nSPS) is 19.3. The molecule has 2 nitrogen and oxygen atoms in total. The monoisotopic (exact) mass is 265 g/mol. The highest BCUT2D eigenvalue weighted by Gasteiger charge is 2.26. The second-order valence-electron chi connectivity index (χ2n) is 5.73. The first kappa shape index (κ1) is 11.8. The third-order valence-electron chi connectivity index (χ3n) is 4.44. The number of fused-ring (bicyclic) bond motifs is 2. The molecule has 1 N–H and O–H groups in total. The van der Waals surface area contributed by atoms with Gasteiger partial charge >= 0.3 is 0 Å². The van der Waals surface area contributed by atoms with Gasteiger partial charge in [0.25, 0.3) is 0 Å². The van der Waals surface area contributed by atoms with E-state index in [-0.39, 0.29) is 0 Å². The molecule has 1 aliphatic carbocycles. The summed E-state index contributed by atoms with van der Waals surface area (Å²) in [7, 11) is 0. The maximum atomic E-state index is 6.10. The maximum absolute atomic E-state index is 6.10. The first-order valence-corrected chi connectivity index (χ1v) is 7.48. The SMILES string of the molecule is c1ccc2c(c1)CC2COc1cccc2c1NCCC2. The second kappa shape index (κ2) is 4.86. The van der Waals surface area contributed by atoms with Crippen LogP contribution in [0.1, 0.15) is 29.0 Å². The molecule has 20 heavy (non-hydrogen) atoms. The molecule has 2 aromatic rings. The van der Waals surface area contributed by atoms with Crippen LogP contribution in [0.5, 0.6) is 5.75 Å². The Morgan fingerprint density at radius 1 is 1.05 bits per heavy atom. The molecular formula is C18H19NO. The maximum Gasteiger partial charge on any atom is 0.142 e. The van der Waals surface area contributed by atoms with Gasteiger partial charge in [-0.15, -0.1) is 0 Å². The first-order chi connectivity index (χ1) is 9.92. The summed E-state index contributed by atoms with van der Waals surface area (Å²) >= 11 is 0. The van der Waals surface area contributed by atoms with Crippen molar-refractivity contribution in [3.8, 4) is 5.75 Å². The van der Waals surface area contributed by atoms with E-state index in [0.717, 1.165) is 31.7 Å². The van der Waals surface area contributed by atoms with E-state index in [1.165, 1.54) is 28.8 Å². The van der Waals surface area contributed by atoms with Crippen LogP contribution in [0.3, 0.4) is 0 Å². The molecule has 2 heteroatoms. The molecule has 0 fully saturated rings. The van der Waals surface area contributed by atoms with E-state index in [0.29, 0.717) is 5.92 Å². The fourth-order valence-corrected chi connectivity index (χ4v) is 3.30. The fraction of sp³-hybridized carbons (Fsp3) is 0.333. The molecule has 0 bridgehead atoms. The van der Waals surface area contributed by atoms with Crippen molar-refractivity contribution in [3.63, 3.8) is 0 Å². The molecule has 0 saturated heterocycles. The van der Waals surface area contributed by atoms with E-state index in [4.69, 9.17) is 4.74 Å². The molecule has 0 spiro atoms. The number of nitrogens with one attached hydrogen (secondary N) is 1. The molecule has 0 saturated carbocycles. The number of para-hydroxylation sites is 1. The van der Waals surface area contributed by atoms with Crippen molar-refractivity contribution in [2.45, 2.75) is 25.2 Å². The minimum Gasteiger partial charge on any atom is -0.491 e. The van der Waals surface area contributed by atoms with Crippen molar-refractivity contribution in [2.24, 2.45) is 0 Å². The summed E-state index contributed by atoms with van der Waals surface area (Å²) in [6.07, 6.45) is 3.52. The van der Waals surface area contributed by atoms with Gasteiger partial charge in [0.1, 0.15) is 5.75 Å². The smallest absolute Gasteiger partial charge is 0.142 e. The number of benzene rings is 2. The molecule has 0 amide bonds. The van der Waals surface area contributed by atoms with Gasteiger partial charge in [-0.25, -0.2) is 0 Å². The highest BCUT2D eigenvalue weighted by atomic mass is 16.5. The van der Waals surface area contributed by atoms with Crippen molar-refractivity contribution in [2.75, 3.05) is 18.5 Å². The van der Waals surface area contributed by atoms with Crippen LogP contribution in [0, 0.1) is 0 Å². The number of rotatable bonds is 3. The highest BCUT2D eigenvalue weighted by molar-refractivity contribution is 5.63.